The van der Waals surface area contributed by atoms with Gasteiger partial charge in [-0.25, -0.2) is 0 Å². The van der Waals surface area contributed by atoms with E-state index in [2.05, 4.69) is 26.3 Å². The molecule has 0 bridgehead atoms. The number of aromatic nitrogens is 2. The van der Waals surface area contributed by atoms with Crippen LogP contribution in [0.5, 0.6) is 0 Å². The Balaban J connectivity index is 1.92. The van der Waals surface area contributed by atoms with Crippen molar-refractivity contribution in [3.8, 4) is 6.07 Å². The molecule has 2 aromatic rings. The van der Waals surface area contributed by atoms with Crippen LogP contribution in [-0.2, 0) is 11.0 Å². The summed E-state index contributed by atoms with van der Waals surface area (Å²) >= 11 is 4.18. The zero-order chi connectivity index (χ0) is 18.4. The SMILES string of the molecule is C[C@H](C(=O)Nc1sccc1C#N)n1nc(C(F)(F)F)c(Br)c1C1CC1. The van der Waals surface area contributed by atoms with E-state index >= 15 is 0 Å². The predicted molar refractivity (Wildman–Crippen MR) is 89.3 cm³/mol. The largest absolute Gasteiger partial charge is 0.436 e. The first-order valence-corrected chi connectivity index (χ1v) is 9.04. The standard InChI is InChI=1S/C15H12BrF3N4OS/c1-7(13(24)21-14-9(6-20)4-5-25-14)23-11(8-2-3-8)10(16)12(22-23)15(17,18)19/h4-5,7-8H,2-3H2,1H3,(H,21,24)/t7-/m1/s1. The highest BCUT2D eigenvalue weighted by Crippen LogP contribution is 2.47. The van der Waals surface area contributed by atoms with Gasteiger partial charge in [-0.05, 0) is 47.1 Å². The van der Waals surface area contributed by atoms with Gasteiger partial charge in [0.2, 0.25) is 5.91 Å². The molecule has 1 N–H and O–H groups in total. The Morgan fingerprint density at radius 1 is 1.56 bits per heavy atom. The molecule has 5 nitrogen and oxygen atoms in total. The predicted octanol–water partition coefficient (Wildman–Crippen LogP) is 4.67. The second-order valence-corrected chi connectivity index (χ2v) is 7.41. The summed E-state index contributed by atoms with van der Waals surface area (Å²) in [6.07, 6.45) is -3.08. The lowest BCUT2D eigenvalue weighted by Gasteiger charge is -2.15. The van der Waals surface area contributed by atoms with E-state index in [4.69, 9.17) is 5.26 Å². The number of carbonyl (C=O) groups is 1. The summed E-state index contributed by atoms with van der Waals surface area (Å²) in [7, 11) is 0. The van der Waals surface area contributed by atoms with E-state index < -0.39 is 23.8 Å². The smallest absolute Gasteiger partial charge is 0.315 e. The van der Waals surface area contributed by atoms with Crippen molar-refractivity contribution in [2.24, 2.45) is 0 Å². The lowest BCUT2D eigenvalue weighted by atomic mass is 10.2. The molecule has 1 atom stereocenters. The average molecular weight is 433 g/mol. The second kappa shape index (κ2) is 6.46. The molecule has 2 heterocycles. The molecule has 0 aromatic carbocycles. The first kappa shape index (κ1) is 17.9. The molecule has 25 heavy (non-hydrogen) atoms. The van der Waals surface area contributed by atoms with Crippen molar-refractivity contribution in [3.05, 3.63) is 32.9 Å². The Labute approximate surface area is 153 Å². The molecule has 0 spiro atoms. The molecule has 2 aromatic heterocycles. The number of nitriles is 1. The number of carbonyl (C=O) groups excluding carboxylic acids is 1. The molecule has 1 amide bonds. The molecule has 0 saturated heterocycles. The molecule has 0 unspecified atom stereocenters. The quantitative estimate of drug-likeness (QED) is 0.762. The van der Waals surface area contributed by atoms with Crippen molar-refractivity contribution in [2.75, 3.05) is 5.32 Å². The monoisotopic (exact) mass is 432 g/mol. The van der Waals surface area contributed by atoms with Crippen LogP contribution in [0.2, 0.25) is 0 Å². The number of hydrogen-bond acceptors (Lipinski definition) is 4. The van der Waals surface area contributed by atoms with Gasteiger partial charge in [0.15, 0.2) is 5.69 Å². The van der Waals surface area contributed by atoms with Gasteiger partial charge in [0.05, 0.1) is 15.7 Å². The Bertz CT molecular complexity index is 863. The van der Waals surface area contributed by atoms with Gasteiger partial charge in [-0.15, -0.1) is 11.3 Å². The van der Waals surface area contributed by atoms with Crippen LogP contribution in [-0.4, -0.2) is 15.7 Å². The minimum absolute atomic E-state index is 0.0374. The van der Waals surface area contributed by atoms with Gasteiger partial charge in [-0.1, -0.05) is 0 Å². The van der Waals surface area contributed by atoms with Crippen LogP contribution in [0.3, 0.4) is 0 Å². The minimum Gasteiger partial charge on any atom is -0.315 e. The van der Waals surface area contributed by atoms with E-state index in [0.29, 0.717) is 16.3 Å². The number of nitrogens with zero attached hydrogens (tertiary/aromatic N) is 3. The maximum absolute atomic E-state index is 13.2. The molecular weight excluding hydrogens is 421 g/mol. The third-order valence-corrected chi connectivity index (χ3v) is 5.50. The van der Waals surface area contributed by atoms with E-state index in [9.17, 15) is 18.0 Å². The maximum atomic E-state index is 13.2. The maximum Gasteiger partial charge on any atom is 0.436 e. The summed E-state index contributed by atoms with van der Waals surface area (Å²) in [6, 6.07) is 2.56. The summed E-state index contributed by atoms with van der Waals surface area (Å²) in [4.78, 5) is 12.5. The molecule has 0 aliphatic heterocycles. The van der Waals surface area contributed by atoms with Crippen LogP contribution >= 0.6 is 27.3 Å². The van der Waals surface area contributed by atoms with Crippen molar-refractivity contribution in [1.29, 1.82) is 5.26 Å². The number of hydrogen-bond donors (Lipinski definition) is 1. The number of alkyl halides is 3. The first-order valence-electron chi connectivity index (χ1n) is 7.37. The lowest BCUT2D eigenvalue weighted by molar-refractivity contribution is -0.142. The molecule has 10 heteroatoms. The number of rotatable bonds is 4. The molecular formula is C15H12BrF3N4OS. The van der Waals surface area contributed by atoms with Crippen molar-refractivity contribution < 1.29 is 18.0 Å². The number of nitrogens with one attached hydrogen (secondary N) is 1. The van der Waals surface area contributed by atoms with E-state index in [1.165, 1.54) is 18.3 Å². The highest BCUT2D eigenvalue weighted by atomic mass is 79.9. The fourth-order valence-corrected chi connectivity index (χ4v) is 4.00. The topological polar surface area (TPSA) is 70.7 Å². The fraction of sp³-hybridized carbons (Fsp3) is 0.400. The van der Waals surface area contributed by atoms with Crippen molar-refractivity contribution >= 4 is 38.2 Å². The third kappa shape index (κ3) is 3.43. The third-order valence-electron chi connectivity index (χ3n) is 3.89. The summed E-state index contributed by atoms with van der Waals surface area (Å²) < 4.78 is 40.5. The highest BCUT2D eigenvalue weighted by molar-refractivity contribution is 9.10. The molecule has 1 saturated carbocycles. The molecule has 1 aliphatic carbocycles. The Morgan fingerprint density at radius 2 is 2.24 bits per heavy atom. The summed E-state index contributed by atoms with van der Waals surface area (Å²) in [6.45, 7) is 1.49. The number of amides is 1. The van der Waals surface area contributed by atoms with Crippen molar-refractivity contribution in [1.82, 2.24) is 9.78 Å². The second-order valence-electron chi connectivity index (χ2n) is 5.70. The minimum atomic E-state index is -4.61. The molecule has 0 radical (unpaired) electrons. The summed E-state index contributed by atoms with van der Waals surface area (Å²) in [5.41, 5.74) is -0.324. The van der Waals surface area contributed by atoms with Crippen molar-refractivity contribution in [3.63, 3.8) is 0 Å². The molecule has 1 fully saturated rings. The fourth-order valence-electron chi connectivity index (χ4n) is 2.45. The average Bonchev–Trinajstić information content (AvgIpc) is 3.16. The van der Waals surface area contributed by atoms with Gasteiger partial charge in [-0.2, -0.15) is 23.5 Å². The zero-order valence-corrected chi connectivity index (χ0v) is 15.3. The molecule has 132 valence electrons. The zero-order valence-electron chi connectivity index (χ0n) is 12.9. The van der Waals surface area contributed by atoms with Gasteiger partial charge >= 0.3 is 6.18 Å². The number of halogens is 4. The van der Waals surface area contributed by atoms with Crippen LogP contribution in [0.25, 0.3) is 0 Å². The lowest BCUT2D eigenvalue weighted by Crippen LogP contribution is -2.26. The molecule has 3 rings (SSSR count). The Kier molecular flexibility index (Phi) is 4.64. The van der Waals surface area contributed by atoms with E-state index in [0.717, 1.165) is 17.5 Å². The summed E-state index contributed by atoms with van der Waals surface area (Å²) in [5, 5.41) is 17.3. The normalized spacial score (nSPS) is 15.7. The van der Waals surface area contributed by atoms with Gasteiger partial charge in [-0.3, -0.25) is 9.48 Å². The van der Waals surface area contributed by atoms with Crippen LogP contribution in [0.1, 0.15) is 48.7 Å². The number of thiophene rings is 1. The Hall–Kier alpha value is -1.86. The van der Waals surface area contributed by atoms with Crippen LogP contribution in [0.4, 0.5) is 18.2 Å². The van der Waals surface area contributed by atoms with Gasteiger partial charge in [0.25, 0.3) is 0 Å². The van der Waals surface area contributed by atoms with E-state index in [-0.39, 0.29) is 10.4 Å². The van der Waals surface area contributed by atoms with E-state index in [1.54, 1.807) is 11.4 Å². The van der Waals surface area contributed by atoms with Gasteiger partial charge in [0.1, 0.15) is 17.1 Å². The highest BCUT2D eigenvalue weighted by Gasteiger charge is 2.43. The number of anilines is 1. The Morgan fingerprint density at radius 3 is 2.80 bits per heavy atom. The van der Waals surface area contributed by atoms with E-state index in [1.807, 2.05) is 6.07 Å². The first-order chi connectivity index (χ1) is 11.7. The molecule has 1 aliphatic rings. The van der Waals surface area contributed by atoms with Crippen LogP contribution < -0.4 is 5.32 Å². The van der Waals surface area contributed by atoms with Crippen molar-refractivity contribution in [2.45, 2.75) is 37.9 Å². The van der Waals surface area contributed by atoms with Crippen LogP contribution in [0.15, 0.2) is 15.9 Å². The van der Waals surface area contributed by atoms with Gasteiger partial charge in [0, 0.05) is 5.92 Å². The summed E-state index contributed by atoms with van der Waals surface area (Å²) in [5.74, 6) is -0.561. The van der Waals surface area contributed by atoms with Gasteiger partial charge < -0.3 is 5.32 Å². The van der Waals surface area contributed by atoms with Crippen LogP contribution in [0, 0.1) is 11.3 Å².